The quantitative estimate of drug-likeness (QED) is 0.656. The van der Waals surface area contributed by atoms with Crippen LogP contribution in [0.1, 0.15) is 86.0 Å². The van der Waals surface area contributed by atoms with Gasteiger partial charge in [0.15, 0.2) is 0 Å². The van der Waals surface area contributed by atoms with Crippen molar-refractivity contribution < 1.29 is 9.53 Å². The summed E-state index contributed by atoms with van der Waals surface area (Å²) in [5.41, 5.74) is -0.0299. The molecule has 0 amide bonds. The molecule has 2 nitrogen and oxygen atoms in total. The molecule has 5 saturated carbocycles. The fourth-order valence-corrected chi connectivity index (χ4v) is 6.79. The predicted molar refractivity (Wildman–Crippen MR) is 91.9 cm³/mol. The predicted octanol–water partition coefficient (Wildman–Crippen LogP) is 5.35. The van der Waals surface area contributed by atoms with Crippen LogP contribution in [0.25, 0.3) is 0 Å². The minimum atomic E-state index is -0.228. The van der Waals surface area contributed by atoms with Gasteiger partial charge in [-0.2, -0.15) is 0 Å². The SMILES string of the molecule is CC(C)(C)CC1(C(=O)OC23CC4CC(CC(C4)C2)C3)CC1(C)C. The van der Waals surface area contributed by atoms with E-state index in [-0.39, 0.29) is 27.8 Å². The van der Waals surface area contributed by atoms with E-state index >= 15 is 0 Å². The number of hydrogen-bond acceptors (Lipinski definition) is 2. The van der Waals surface area contributed by atoms with Gasteiger partial charge in [-0.15, -0.1) is 0 Å². The Morgan fingerprint density at radius 3 is 1.78 bits per heavy atom. The van der Waals surface area contributed by atoms with Crippen molar-refractivity contribution in [3.63, 3.8) is 0 Å². The lowest BCUT2D eigenvalue weighted by atomic mass is 9.54. The Morgan fingerprint density at radius 2 is 1.43 bits per heavy atom. The van der Waals surface area contributed by atoms with Gasteiger partial charge in [0, 0.05) is 0 Å². The molecule has 0 aliphatic heterocycles. The van der Waals surface area contributed by atoms with E-state index in [4.69, 9.17) is 4.74 Å². The first kappa shape index (κ1) is 16.0. The van der Waals surface area contributed by atoms with E-state index in [1.165, 1.54) is 19.3 Å². The molecule has 0 spiro atoms. The van der Waals surface area contributed by atoms with Crippen LogP contribution in [-0.4, -0.2) is 11.6 Å². The van der Waals surface area contributed by atoms with Gasteiger partial charge in [0.05, 0.1) is 5.41 Å². The Balaban J connectivity index is 1.53. The Kier molecular flexibility index (Phi) is 3.16. The second-order valence-corrected chi connectivity index (χ2v) is 11.4. The Hall–Kier alpha value is -0.530. The second-order valence-electron chi connectivity index (χ2n) is 11.4. The van der Waals surface area contributed by atoms with E-state index in [1.807, 2.05) is 0 Å². The van der Waals surface area contributed by atoms with Crippen LogP contribution in [0, 0.1) is 34.0 Å². The smallest absolute Gasteiger partial charge is 0.313 e. The van der Waals surface area contributed by atoms with Gasteiger partial charge < -0.3 is 4.74 Å². The molecule has 5 aliphatic rings. The summed E-state index contributed by atoms with van der Waals surface area (Å²) in [6, 6.07) is 0. The molecule has 2 heteroatoms. The van der Waals surface area contributed by atoms with Crippen molar-refractivity contribution in [2.24, 2.45) is 34.0 Å². The molecule has 1 unspecified atom stereocenters. The van der Waals surface area contributed by atoms with Crippen LogP contribution in [0.5, 0.6) is 0 Å². The van der Waals surface area contributed by atoms with Crippen molar-refractivity contribution in [1.82, 2.24) is 0 Å². The monoisotopic (exact) mass is 318 g/mol. The molecule has 5 aliphatic carbocycles. The maximum Gasteiger partial charge on any atom is 0.313 e. The molecule has 0 radical (unpaired) electrons. The first-order valence-electron chi connectivity index (χ1n) is 9.76. The third-order valence-corrected chi connectivity index (χ3v) is 7.43. The molecule has 5 fully saturated rings. The van der Waals surface area contributed by atoms with Crippen LogP contribution in [0.4, 0.5) is 0 Å². The van der Waals surface area contributed by atoms with Gasteiger partial charge >= 0.3 is 5.97 Å². The van der Waals surface area contributed by atoms with Crippen molar-refractivity contribution >= 4 is 5.97 Å². The summed E-state index contributed by atoms with van der Waals surface area (Å²) in [6.07, 6.45) is 9.60. The summed E-state index contributed by atoms with van der Waals surface area (Å²) in [7, 11) is 0. The lowest BCUT2D eigenvalue weighted by molar-refractivity contribution is -0.195. The fraction of sp³-hybridized carbons (Fsp3) is 0.952. The van der Waals surface area contributed by atoms with Crippen LogP contribution >= 0.6 is 0 Å². The molecule has 0 aromatic carbocycles. The van der Waals surface area contributed by atoms with Gasteiger partial charge in [-0.3, -0.25) is 4.79 Å². The molecule has 5 rings (SSSR count). The average molecular weight is 319 g/mol. The van der Waals surface area contributed by atoms with Crippen molar-refractivity contribution in [1.29, 1.82) is 0 Å². The van der Waals surface area contributed by atoms with Gasteiger partial charge in [-0.1, -0.05) is 34.6 Å². The molecule has 0 N–H and O–H groups in total. The summed E-state index contributed by atoms with van der Waals surface area (Å²) >= 11 is 0. The first-order chi connectivity index (χ1) is 10.5. The molecule has 0 aromatic heterocycles. The topological polar surface area (TPSA) is 26.3 Å². The zero-order chi connectivity index (χ0) is 16.7. The molecule has 4 bridgehead atoms. The average Bonchev–Trinajstić information content (AvgIpc) is 2.86. The molecule has 23 heavy (non-hydrogen) atoms. The molecule has 1 atom stereocenters. The number of carbonyl (C=O) groups is 1. The van der Waals surface area contributed by atoms with Crippen LogP contribution in [0.2, 0.25) is 0 Å². The summed E-state index contributed by atoms with van der Waals surface area (Å²) in [5.74, 6) is 2.64. The largest absolute Gasteiger partial charge is 0.459 e. The summed E-state index contributed by atoms with van der Waals surface area (Å²) < 4.78 is 6.42. The summed E-state index contributed by atoms with van der Waals surface area (Å²) in [4.78, 5) is 13.3. The molecule has 0 aromatic rings. The van der Waals surface area contributed by atoms with Crippen molar-refractivity contribution in [3.8, 4) is 0 Å². The van der Waals surface area contributed by atoms with E-state index in [0.717, 1.165) is 49.9 Å². The zero-order valence-corrected chi connectivity index (χ0v) is 15.7. The third-order valence-electron chi connectivity index (χ3n) is 7.43. The summed E-state index contributed by atoms with van der Waals surface area (Å²) in [6.45, 7) is 11.3. The van der Waals surface area contributed by atoms with Gasteiger partial charge in [-0.25, -0.2) is 0 Å². The third kappa shape index (κ3) is 2.55. The van der Waals surface area contributed by atoms with Crippen LogP contribution in [0.15, 0.2) is 0 Å². The Bertz CT molecular complexity index is 489. The first-order valence-corrected chi connectivity index (χ1v) is 9.76. The van der Waals surface area contributed by atoms with Crippen LogP contribution < -0.4 is 0 Å². The van der Waals surface area contributed by atoms with E-state index in [9.17, 15) is 4.79 Å². The molecular formula is C21H34O2. The van der Waals surface area contributed by atoms with Crippen molar-refractivity contribution in [2.45, 2.75) is 91.6 Å². The van der Waals surface area contributed by atoms with E-state index in [2.05, 4.69) is 34.6 Å². The normalized spacial score (nSPS) is 46.7. The minimum Gasteiger partial charge on any atom is -0.459 e. The van der Waals surface area contributed by atoms with Gasteiger partial charge in [0.1, 0.15) is 5.60 Å². The lowest BCUT2D eigenvalue weighted by Gasteiger charge is -2.56. The standard InChI is InChI=1S/C21H34O2/c1-18(2,3)12-21(13-19(21,4)5)17(22)23-20-9-14-6-15(10-20)8-16(7-14)11-20/h14-16H,6-13H2,1-5H3. The highest BCUT2D eigenvalue weighted by atomic mass is 16.6. The fourth-order valence-electron chi connectivity index (χ4n) is 6.79. The number of ether oxygens (including phenoxy) is 1. The number of rotatable bonds is 3. The van der Waals surface area contributed by atoms with Crippen LogP contribution in [-0.2, 0) is 9.53 Å². The highest BCUT2D eigenvalue weighted by molar-refractivity contribution is 5.82. The maximum atomic E-state index is 13.3. The second kappa shape index (κ2) is 4.55. The molecule has 130 valence electrons. The molecule has 0 heterocycles. The highest BCUT2D eigenvalue weighted by Gasteiger charge is 2.69. The molecule has 0 saturated heterocycles. The number of carbonyl (C=O) groups excluding carboxylic acids is 1. The maximum absolute atomic E-state index is 13.3. The van der Waals surface area contributed by atoms with Crippen molar-refractivity contribution in [2.75, 3.05) is 0 Å². The zero-order valence-electron chi connectivity index (χ0n) is 15.7. The van der Waals surface area contributed by atoms with E-state index in [1.54, 1.807) is 0 Å². The van der Waals surface area contributed by atoms with Gasteiger partial charge in [0.2, 0.25) is 0 Å². The van der Waals surface area contributed by atoms with Crippen LogP contribution in [0.3, 0.4) is 0 Å². The van der Waals surface area contributed by atoms with E-state index < -0.39 is 0 Å². The number of hydrogen-bond donors (Lipinski definition) is 0. The minimum absolute atomic E-state index is 0.0879. The Labute approximate surface area is 141 Å². The molecular weight excluding hydrogens is 284 g/mol. The van der Waals surface area contributed by atoms with Gasteiger partial charge in [0.25, 0.3) is 0 Å². The lowest BCUT2D eigenvalue weighted by Crippen LogP contribution is -2.53. The summed E-state index contributed by atoms with van der Waals surface area (Å²) in [5, 5.41) is 0. The highest BCUT2D eigenvalue weighted by Crippen LogP contribution is 2.69. The van der Waals surface area contributed by atoms with Crippen molar-refractivity contribution in [3.05, 3.63) is 0 Å². The Morgan fingerprint density at radius 1 is 1.00 bits per heavy atom. The number of esters is 1. The van der Waals surface area contributed by atoms with E-state index in [0.29, 0.717) is 0 Å². The van der Waals surface area contributed by atoms with Gasteiger partial charge in [-0.05, 0) is 80.0 Å².